The summed E-state index contributed by atoms with van der Waals surface area (Å²) in [6.07, 6.45) is 0. The first-order valence-electron chi connectivity index (χ1n) is 8.47. The van der Waals surface area contributed by atoms with E-state index in [0.717, 1.165) is 16.5 Å². The van der Waals surface area contributed by atoms with Gasteiger partial charge in [-0.2, -0.15) is 0 Å². The lowest BCUT2D eigenvalue weighted by Gasteiger charge is -2.18. The highest BCUT2D eigenvalue weighted by Gasteiger charge is 2.20. The first-order chi connectivity index (χ1) is 13.6. The third-order valence-electron chi connectivity index (χ3n) is 4.00. The van der Waals surface area contributed by atoms with E-state index in [1.54, 1.807) is 0 Å². The van der Waals surface area contributed by atoms with Gasteiger partial charge in [0.15, 0.2) is 6.61 Å². The number of hydrogen-bond donors (Lipinski definition) is 1. The van der Waals surface area contributed by atoms with Crippen LogP contribution in [0, 0.1) is 5.82 Å². The maximum absolute atomic E-state index is 13.9. The lowest BCUT2D eigenvalue weighted by molar-refractivity contribution is -0.124. The molecule has 3 aromatic rings. The van der Waals surface area contributed by atoms with Crippen LogP contribution in [0.25, 0.3) is 0 Å². The van der Waals surface area contributed by atoms with Crippen molar-refractivity contribution in [2.24, 2.45) is 0 Å². The van der Waals surface area contributed by atoms with E-state index in [4.69, 9.17) is 9.47 Å². The molecule has 1 atom stereocenters. The van der Waals surface area contributed by atoms with Gasteiger partial charge in [-0.05, 0) is 29.1 Å². The standard InChI is InChI=1S/C21H18FNO4S/c1-26-15-9-10-16(17(22)12-15)21(25)27-13-19(24)23-20(18-8-5-11-28-18)14-6-3-2-4-7-14/h2-12,20H,13H2,1H3,(H,23,24)/t20-/m0/s1. The van der Waals surface area contributed by atoms with Crippen LogP contribution in [0.4, 0.5) is 4.39 Å². The van der Waals surface area contributed by atoms with Gasteiger partial charge in [-0.3, -0.25) is 4.79 Å². The molecule has 0 spiro atoms. The van der Waals surface area contributed by atoms with Crippen molar-refractivity contribution in [3.05, 3.63) is 87.9 Å². The summed E-state index contributed by atoms with van der Waals surface area (Å²) in [6, 6.07) is 16.7. The fraction of sp³-hybridized carbons (Fsp3) is 0.143. The number of rotatable bonds is 7. The van der Waals surface area contributed by atoms with Gasteiger partial charge in [0.25, 0.3) is 5.91 Å². The van der Waals surface area contributed by atoms with Crippen molar-refractivity contribution >= 4 is 23.2 Å². The summed E-state index contributed by atoms with van der Waals surface area (Å²) in [7, 11) is 1.40. The quantitative estimate of drug-likeness (QED) is 0.611. The van der Waals surface area contributed by atoms with Crippen LogP contribution in [0.2, 0.25) is 0 Å². The molecule has 1 aromatic heterocycles. The summed E-state index contributed by atoms with van der Waals surface area (Å²) < 4.78 is 23.8. The molecule has 1 heterocycles. The molecular weight excluding hydrogens is 381 g/mol. The molecule has 0 bridgehead atoms. The van der Waals surface area contributed by atoms with Crippen molar-refractivity contribution < 1.29 is 23.5 Å². The molecule has 0 aliphatic rings. The maximum Gasteiger partial charge on any atom is 0.341 e. The summed E-state index contributed by atoms with van der Waals surface area (Å²) in [6.45, 7) is -0.515. The molecule has 7 heteroatoms. The second-order valence-electron chi connectivity index (χ2n) is 5.85. The molecule has 28 heavy (non-hydrogen) atoms. The van der Waals surface area contributed by atoms with E-state index in [2.05, 4.69) is 5.32 Å². The van der Waals surface area contributed by atoms with Crippen molar-refractivity contribution in [1.82, 2.24) is 5.32 Å². The van der Waals surface area contributed by atoms with Gasteiger partial charge in [-0.15, -0.1) is 11.3 Å². The van der Waals surface area contributed by atoms with E-state index < -0.39 is 24.3 Å². The van der Waals surface area contributed by atoms with Crippen LogP contribution < -0.4 is 10.1 Å². The Morgan fingerprint density at radius 3 is 2.54 bits per heavy atom. The zero-order valence-corrected chi connectivity index (χ0v) is 15.9. The monoisotopic (exact) mass is 399 g/mol. The molecule has 0 radical (unpaired) electrons. The molecule has 144 valence electrons. The zero-order chi connectivity index (χ0) is 19.9. The van der Waals surface area contributed by atoms with Gasteiger partial charge in [-0.25, -0.2) is 9.18 Å². The molecule has 0 saturated carbocycles. The summed E-state index contributed by atoms with van der Waals surface area (Å²) in [5.41, 5.74) is 0.650. The van der Waals surface area contributed by atoms with E-state index in [1.807, 2.05) is 47.8 Å². The highest BCUT2D eigenvalue weighted by Crippen LogP contribution is 2.25. The predicted octanol–water partition coefficient (Wildman–Crippen LogP) is 3.96. The van der Waals surface area contributed by atoms with Gasteiger partial charge in [0.2, 0.25) is 0 Å². The molecule has 2 aromatic carbocycles. The number of carbonyl (C=O) groups excluding carboxylic acids is 2. The average molecular weight is 399 g/mol. The Labute approximate surface area is 165 Å². The Kier molecular flexibility index (Phi) is 6.39. The highest BCUT2D eigenvalue weighted by atomic mass is 32.1. The van der Waals surface area contributed by atoms with Gasteiger partial charge in [0.1, 0.15) is 11.6 Å². The molecule has 1 N–H and O–H groups in total. The first kappa shape index (κ1) is 19.6. The molecule has 3 rings (SSSR count). The van der Waals surface area contributed by atoms with Crippen LogP contribution in [-0.4, -0.2) is 25.6 Å². The zero-order valence-electron chi connectivity index (χ0n) is 15.1. The fourth-order valence-corrected chi connectivity index (χ4v) is 3.42. The molecule has 0 saturated heterocycles. The largest absolute Gasteiger partial charge is 0.497 e. The minimum absolute atomic E-state index is 0.258. The SMILES string of the molecule is COc1ccc(C(=O)OCC(=O)N[C@@H](c2ccccc2)c2cccs2)c(F)c1. The van der Waals surface area contributed by atoms with Gasteiger partial charge in [0.05, 0.1) is 18.7 Å². The Bertz CT molecular complexity index is 944. The third kappa shape index (κ3) is 4.75. The van der Waals surface area contributed by atoms with Crippen molar-refractivity contribution in [2.75, 3.05) is 13.7 Å². The third-order valence-corrected chi connectivity index (χ3v) is 4.93. The molecule has 5 nitrogen and oxygen atoms in total. The fourth-order valence-electron chi connectivity index (χ4n) is 2.62. The number of benzene rings is 2. The number of thiophene rings is 1. The van der Waals surface area contributed by atoms with Gasteiger partial charge >= 0.3 is 5.97 Å². The predicted molar refractivity (Wildman–Crippen MR) is 104 cm³/mol. The van der Waals surface area contributed by atoms with Gasteiger partial charge in [0, 0.05) is 10.9 Å². The number of nitrogens with one attached hydrogen (secondary N) is 1. The van der Waals surface area contributed by atoms with Crippen molar-refractivity contribution in [1.29, 1.82) is 0 Å². The molecule has 0 unspecified atom stereocenters. The number of halogens is 1. The number of amides is 1. The number of methoxy groups -OCH3 is 1. The van der Waals surface area contributed by atoms with Crippen LogP contribution in [0.5, 0.6) is 5.75 Å². The lowest BCUT2D eigenvalue weighted by Crippen LogP contribution is -2.32. The van der Waals surface area contributed by atoms with Gasteiger partial charge < -0.3 is 14.8 Å². The molecule has 0 aliphatic heterocycles. The number of esters is 1. The summed E-state index contributed by atoms with van der Waals surface area (Å²) >= 11 is 1.51. The number of ether oxygens (including phenoxy) is 2. The van der Waals surface area contributed by atoms with E-state index in [-0.39, 0.29) is 17.4 Å². The number of hydrogen-bond acceptors (Lipinski definition) is 5. The van der Waals surface area contributed by atoms with E-state index in [1.165, 1.54) is 30.6 Å². The summed E-state index contributed by atoms with van der Waals surface area (Å²) in [5, 5.41) is 4.78. The minimum Gasteiger partial charge on any atom is -0.497 e. The maximum atomic E-state index is 13.9. The van der Waals surface area contributed by atoms with Crippen LogP contribution in [0.15, 0.2) is 66.0 Å². The van der Waals surface area contributed by atoms with Crippen molar-refractivity contribution in [3.63, 3.8) is 0 Å². The Balaban J connectivity index is 1.64. The highest BCUT2D eigenvalue weighted by molar-refractivity contribution is 7.10. The van der Waals surface area contributed by atoms with Crippen LogP contribution in [0.3, 0.4) is 0 Å². The number of carbonyl (C=O) groups is 2. The molecule has 0 fully saturated rings. The average Bonchev–Trinajstić information content (AvgIpc) is 3.25. The molecule has 0 aliphatic carbocycles. The summed E-state index contributed by atoms with van der Waals surface area (Å²) in [5.74, 6) is -1.88. The molecular formula is C21H18FNO4S. The van der Waals surface area contributed by atoms with Crippen molar-refractivity contribution in [2.45, 2.75) is 6.04 Å². The Morgan fingerprint density at radius 1 is 1.11 bits per heavy atom. The lowest BCUT2D eigenvalue weighted by atomic mass is 10.1. The Morgan fingerprint density at radius 2 is 1.89 bits per heavy atom. The smallest absolute Gasteiger partial charge is 0.341 e. The van der Waals surface area contributed by atoms with Crippen LogP contribution in [0.1, 0.15) is 26.8 Å². The normalized spacial score (nSPS) is 11.5. The Hall–Kier alpha value is -3.19. The summed E-state index contributed by atoms with van der Waals surface area (Å²) in [4.78, 5) is 25.4. The van der Waals surface area contributed by atoms with Crippen molar-refractivity contribution in [3.8, 4) is 5.75 Å². The van der Waals surface area contributed by atoms with E-state index >= 15 is 0 Å². The van der Waals surface area contributed by atoms with Crippen LogP contribution in [-0.2, 0) is 9.53 Å². The first-order valence-corrected chi connectivity index (χ1v) is 9.35. The second kappa shape index (κ2) is 9.14. The van der Waals surface area contributed by atoms with Gasteiger partial charge in [-0.1, -0.05) is 36.4 Å². The topological polar surface area (TPSA) is 64.6 Å². The second-order valence-corrected chi connectivity index (χ2v) is 6.83. The van der Waals surface area contributed by atoms with E-state index in [0.29, 0.717) is 0 Å². The van der Waals surface area contributed by atoms with E-state index in [9.17, 15) is 14.0 Å². The molecule has 1 amide bonds. The minimum atomic E-state index is -0.914. The van der Waals surface area contributed by atoms with Crippen LogP contribution >= 0.6 is 11.3 Å².